The molecule has 2 N–H and O–H groups in total. The third-order valence-electron chi connectivity index (χ3n) is 5.19. The molecule has 25 heavy (non-hydrogen) atoms. The molecule has 2 fully saturated rings. The Morgan fingerprint density at radius 3 is 2.84 bits per heavy atom. The average molecular weight is 382 g/mol. The minimum Gasteiger partial charge on any atom is -0.354 e. The second kappa shape index (κ2) is 8.10. The summed E-state index contributed by atoms with van der Waals surface area (Å²) in [5.41, 5.74) is 0. The maximum Gasteiger partial charge on any atom is 0.263 e. The zero-order chi connectivity index (χ0) is 17.9. The number of rotatable bonds is 5. The molecule has 0 aromatic carbocycles. The van der Waals surface area contributed by atoms with Crippen molar-refractivity contribution in [3.8, 4) is 0 Å². The Hall–Kier alpha value is -1.05. The fourth-order valence-corrected chi connectivity index (χ4v) is 5.35. The monoisotopic (exact) mass is 381 g/mol. The number of carbonyl (C=O) groups is 2. The molecular weight excluding hydrogens is 354 g/mol. The molecular formula is C18H27N3O2S2. The molecule has 2 aliphatic heterocycles. The first-order chi connectivity index (χ1) is 12.0. The van der Waals surface area contributed by atoms with Gasteiger partial charge in [0.05, 0.1) is 15.8 Å². The van der Waals surface area contributed by atoms with Crippen LogP contribution < -0.4 is 10.6 Å². The Labute approximate surface area is 157 Å². The lowest BCUT2D eigenvalue weighted by molar-refractivity contribution is -0.122. The van der Waals surface area contributed by atoms with Gasteiger partial charge < -0.3 is 10.2 Å². The summed E-state index contributed by atoms with van der Waals surface area (Å²) in [5.74, 6) is 1.57. The van der Waals surface area contributed by atoms with Crippen molar-refractivity contribution in [2.24, 2.45) is 5.92 Å². The Kier molecular flexibility index (Phi) is 6.07. The second-order valence-electron chi connectivity index (χ2n) is 7.03. The normalized spacial score (nSPS) is 23.6. The van der Waals surface area contributed by atoms with Gasteiger partial charge in [-0.15, -0.1) is 23.1 Å². The van der Waals surface area contributed by atoms with Crippen LogP contribution in [0.15, 0.2) is 17.5 Å². The topological polar surface area (TPSA) is 61.4 Å². The molecule has 2 amide bonds. The fraction of sp³-hybridized carbons (Fsp3) is 0.667. The van der Waals surface area contributed by atoms with Crippen molar-refractivity contribution in [1.82, 2.24) is 15.5 Å². The number of nitrogens with zero attached hydrogens (tertiary/aromatic N) is 1. The number of likely N-dealkylation sites (tertiary alicyclic amines) is 1. The minimum atomic E-state index is -0.117. The standard InChI is InChI=1S/C18H27N3O2S2/c1-3-13(2)11-19-16(22)14-12-25-18(20-14)6-8-21(9-7-18)17(23)15-5-4-10-24-15/h4-5,10,13-14,20H,3,6-9,11-12H2,1-2H3,(H,19,22). The maximum absolute atomic E-state index is 12.5. The van der Waals surface area contributed by atoms with Crippen LogP contribution >= 0.6 is 23.1 Å². The average Bonchev–Trinajstić information content (AvgIpc) is 3.30. The molecule has 0 aliphatic carbocycles. The van der Waals surface area contributed by atoms with Crippen LogP contribution in [0.2, 0.25) is 0 Å². The summed E-state index contributed by atoms with van der Waals surface area (Å²) in [6.07, 6.45) is 2.86. The van der Waals surface area contributed by atoms with E-state index in [2.05, 4.69) is 24.5 Å². The van der Waals surface area contributed by atoms with E-state index >= 15 is 0 Å². The van der Waals surface area contributed by atoms with Gasteiger partial charge in [0.15, 0.2) is 0 Å². The molecule has 1 aromatic rings. The number of piperidine rings is 1. The number of amides is 2. The quantitative estimate of drug-likeness (QED) is 0.823. The van der Waals surface area contributed by atoms with Crippen molar-refractivity contribution in [1.29, 1.82) is 0 Å². The van der Waals surface area contributed by atoms with Crippen molar-refractivity contribution in [3.05, 3.63) is 22.4 Å². The molecule has 3 heterocycles. The van der Waals surface area contributed by atoms with Gasteiger partial charge in [-0.25, -0.2) is 0 Å². The molecule has 0 bridgehead atoms. The largest absolute Gasteiger partial charge is 0.354 e. The SMILES string of the molecule is CCC(C)CNC(=O)C1CSC2(CCN(C(=O)c3cccs3)CC2)N1. The summed E-state index contributed by atoms with van der Waals surface area (Å²) < 4.78 is 0. The van der Waals surface area contributed by atoms with Crippen molar-refractivity contribution < 1.29 is 9.59 Å². The van der Waals surface area contributed by atoms with E-state index in [1.807, 2.05) is 34.2 Å². The summed E-state index contributed by atoms with van der Waals surface area (Å²) in [6.45, 7) is 6.53. The van der Waals surface area contributed by atoms with Gasteiger partial charge in [0.25, 0.3) is 5.91 Å². The second-order valence-corrected chi connectivity index (χ2v) is 9.38. The van der Waals surface area contributed by atoms with E-state index in [9.17, 15) is 9.59 Å². The van der Waals surface area contributed by atoms with Crippen LogP contribution in [0.3, 0.4) is 0 Å². The molecule has 7 heteroatoms. The lowest BCUT2D eigenvalue weighted by Gasteiger charge is -2.39. The van der Waals surface area contributed by atoms with Crippen LogP contribution in [-0.4, -0.2) is 53.0 Å². The van der Waals surface area contributed by atoms with Crippen LogP contribution in [0.1, 0.15) is 42.8 Å². The lowest BCUT2D eigenvalue weighted by atomic mass is 10.0. The number of thiophene rings is 1. The highest BCUT2D eigenvalue weighted by Crippen LogP contribution is 2.39. The first-order valence-corrected chi connectivity index (χ1v) is 10.9. The van der Waals surface area contributed by atoms with Gasteiger partial charge in [0, 0.05) is 25.4 Å². The molecule has 2 aliphatic rings. The van der Waals surface area contributed by atoms with Crippen LogP contribution in [0, 0.1) is 5.92 Å². The van der Waals surface area contributed by atoms with E-state index in [0.29, 0.717) is 5.92 Å². The zero-order valence-electron chi connectivity index (χ0n) is 14.9. The van der Waals surface area contributed by atoms with E-state index in [-0.39, 0.29) is 22.7 Å². The van der Waals surface area contributed by atoms with Crippen molar-refractivity contribution in [2.75, 3.05) is 25.4 Å². The van der Waals surface area contributed by atoms with Crippen molar-refractivity contribution >= 4 is 34.9 Å². The summed E-state index contributed by atoms with van der Waals surface area (Å²) in [4.78, 5) is 27.5. The third kappa shape index (κ3) is 4.38. The molecule has 138 valence electrons. The maximum atomic E-state index is 12.5. The highest BCUT2D eigenvalue weighted by molar-refractivity contribution is 8.01. The van der Waals surface area contributed by atoms with E-state index in [0.717, 1.165) is 49.5 Å². The number of carbonyl (C=O) groups excluding carboxylic acids is 2. The van der Waals surface area contributed by atoms with Gasteiger partial charge in [-0.2, -0.15) is 0 Å². The number of thioether (sulfide) groups is 1. The van der Waals surface area contributed by atoms with Gasteiger partial charge in [0.1, 0.15) is 0 Å². The number of hydrogen-bond donors (Lipinski definition) is 2. The molecule has 0 saturated carbocycles. The minimum absolute atomic E-state index is 0.0510. The first kappa shape index (κ1) is 18.7. The molecule has 2 unspecified atom stereocenters. The molecule has 1 spiro atoms. The molecule has 2 atom stereocenters. The Morgan fingerprint density at radius 2 is 2.20 bits per heavy atom. The van der Waals surface area contributed by atoms with E-state index in [1.165, 1.54) is 11.3 Å². The summed E-state index contributed by atoms with van der Waals surface area (Å²) in [6, 6.07) is 3.69. The van der Waals surface area contributed by atoms with Gasteiger partial charge in [0.2, 0.25) is 5.91 Å². The van der Waals surface area contributed by atoms with Gasteiger partial charge in [-0.05, 0) is 30.2 Å². The number of hydrogen-bond acceptors (Lipinski definition) is 5. The molecule has 3 rings (SSSR count). The predicted octanol–water partition coefficient (Wildman–Crippen LogP) is 2.55. The molecule has 5 nitrogen and oxygen atoms in total. The number of nitrogens with one attached hydrogen (secondary N) is 2. The van der Waals surface area contributed by atoms with Crippen LogP contribution in [0.25, 0.3) is 0 Å². The summed E-state index contributed by atoms with van der Waals surface area (Å²) in [5, 5.41) is 8.56. The lowest BCUT2D eigenvalue weighted by Crippen LogP contribution is -2.54. The van der Waals surface area contributed by atoms with Gasteiger partial charge >= 0.3 is 0 Å². The first-order valence-electron chi connectivity index (χ1n) is 9.05. The van der Waals surface area contributed by atoms with E-state index in [4.69, 9.17) is 0 Å². The van der Waals surface area contributed by atoms with Gasteiger partial charge in [-0.3, -0.25) is 14.9 Å². The van der Waals surface area contributed by atoms with Crippen molar-refractivity contribution in [2.45, 2.75) is 44.0 Å². The Morgan fingerprint density at radius 1 is 1.44 bits per heavy atom. The molecule has 2 saturated heterocycles. The van der Waals surface area contributed by atoms with E-state index < -0.39 is 0 Å². The van der Waals surface area contributed by atoms with Crippen LogP contribution in [0.4, 0.5) is 0 Å². The third-order valence-corrected chi connectivity index (χ3v) is 7.63. The van der Waals surface area contributed by atoms with Crippen LogP contribution in [-0.2, 0) is 4.79 Å². The molecule has 0 radical (unpaired) electrons. The summed E-state index contributed by atoms with van der Waals surface area (Å²) >= 11 is 3.34. The Bertz CT molecular complexity index is 597. The van der Waals surface area contributed by atoms with Crippen molar-refractivity contribution in [3.63, 3.8) is 0 Å². The van der Waals surface area contributed by atoms with Gasteiger partial charge in [-0.1, -0.05) is 26.3 Å². The Balaban J connectivity index is 1.49. The smallest absolute Gasteiger partial charge is 0.263 e. The molecule has 1 aromatic heterocycles. The summed E-state index contributed by atoms with van der Waals surface area (Å²) in [7, 11) is 0. The highest BCUT2D eigenvalue weighted by atomic mass is 32.2. The zero-order valence-corrected chi connectivity index (χ0v) is 16.5. The van der Waals surface area contributed by atoms with Crippen LogP contribution in [0.5, 0.6) is 0 Å². The predicted molar refractivity (Wildman–Crippen MR) is 104 cm³/mol. The van der Waals surface area contributed by atoms with E-state index in [1.54, 1.807) is 0 Å². The fourth-order valence-electron chi connectivity index (χ4n) is 3.24. The highest BCUT2D eigenvalue weighted by Gasteiger charge is 2.44.